The molecule has 0 spiro atoms. The van der Waals surface area contributed by atoms with Gasteiger partial charge < -0.3 is 38.5 Å². The van der Waals surface area contributed by atoms with E-state index in [2.05, 4.69) is 15.3 Å². The van der Waals surface area contributed by atoms with Gasteiger partial charge in [-0.3, -0.25) is 19.4 Å². The lowest BCUT2D eigenvalue weighted by Crippen LogP contribution is -2.47. The van der Waals surface area contributed by atoms with Crippen LogP contribution in [0, 0.1) is 5.92 Å². The first-order valence-electron chi connectivity index (χ1n) is 12.1. The lowest BCUT2D eigenvalue weighted by molar-refractivity contribution is -0.144. The molecule has 0 aromatic heterocycles. The maximum absolute atomic E-state index is 13.4. The number of nitrogens with zero attached hydrogens (tertiary/aromatic N) is 2. The van der Waals surface area contributed by atoms with Gasteiger partial charge in [-0.25, -0.2) is 4.99 Å². The van der Waals surface area contributed by atoms with Gasteiger partial charge in [0.05, 0.1) is 12.0 Å². The highest BCUT2D eigenvalue weighted by Gasteiger charge is 2.30. The Kier molecular flexibility index (Phi) is 11.6. The van der Waals surface area contributed by atoms with Crippen molar-refractivity contribution in [3.63, 3.8) is 0 Å². The number of ketones is 1. The molecule has 0 radical (unpaired) electrons. The SMILES string of the molecule is NC(N)=NCCC[C@H](N=C(N)N)C(=O)N[C@H](Cc1ccc(O)cc1)C(=O)C[C@@H](Cc1ccccc1)C(=O)O. The van der Waals surface area contributed by atoms with Gasteiger partial charge in [0, 0.05) is 13.0 Å². The third-order valence-corrected chi connectivity index (χ3v) is 5.74. The van der Waals surface area contributed by atoms with Crippen LogP contribution in [0.3, 0.4) is 0 Å². The molecular weight excluding hydrogens is 490 g/mol. The standard InChI is InChI=1S/C26H35N7O5/c27-25(28)31-12-4-7-20(33-26(29)30)23(36)32-21(14-17-8-10-19(34)11-9-17)22(35)15-18(24(37)38)13-16-5-2-1-3-6-16/h1-3,5-6,8-11,18,20-21,34H,4,7,12-15H2,(H,32,36)(H,37,38)(H4,27,28,31)(H4,29,30,33)/t18-,20+,21-/m1/s1. The highest BCUT2D eigenvalue weighted by Crippen LogP contribution is 2.18. The monoisotopic (exact) mass is 525 g/mol. The van der Waals surface area contributed by atoms with Crippen molar-refractivity contribution in [2.45, 2.75) is 44.2 Å². The van der Waals surface area contributed by atoms with Gasteiger partial charge in [-0.2, -0.15) is 0 Å². The Balaban J connectivity index is 2.23. The molecule has 38 heavy (non-hydrogen) atoms. The highest BCUT2D eigenvalue weighted by molar-refractivity contribution is 5.93. The first-order chi connectivity index (χ1) is 18.0. The highest BCUT2D eigenvalue weighted by atomic mass is 16.4. The minimum Gasteiger partial charge on any atom is -0.508 e. The van der Waals surface area contributed by atoms with Crippen molar-refractivity contribution in [2.24, 2.45) is 38.8 Å². The molecule has 0 aliphatic carbocycles. The number of amides is 1. The number of rotatable bonds is 15. The Morgan fingerprint density at radius 3 is 2.08 bits per heavy atom. The van der Waals surface area contributed by atoms with E-state index >= 15 is 0 Å². The number of carboxylic acids is 1. The molecule has 0 aliphatic rings. The molecule has 0 saturated carbocycles. The number of phenolic OH excluding ortho intramolecular Hbond substituents is 1. The number of benzene rings is 2. The Bertz CT molecular complexity index is 1130. The summed E-state index contributed by atoms with van der Waals surface area (Å²) in [5.41, 5.74) is 23.1. The maximum Gasteiger partial charge on any atom is 0.307 e. The van der Waals surface area contributed by atoms with Gasteiger partial charge in [-0.15, -0.1) is 0 Å². The van der Waals surface area contributed by atoms with Crippen LogP contribution in [-0.2, 0) is 27.2 Å². The molecule has 3 atom stereocenters. The van der Waals surface area contributed by atoms with Crippen molar-refractivity contribution < 1.29 is 24.6 Å². The minimum atomic E-state index is -1.12. The van der Waals surface area contributed by atoms with Gasteiger partial charge in [0.2, 0.25) is 5.91 Å². The smallest absolute Gasteiger partial charge is 0.307 e. The molecule has 2 aromatic rings. The van der Waals surface area contributed by atoms with E-state index in [1.165, 1.54) is 12.1 Å². The quantitative estimate of drug-likeness (QED) is 0.0941. The van der Waals surface area contributed by atoms with Crippen LogP contribution in [0.25, 0.3) is 0 Å². The molecule has 204 valence electrons. The molecule has 0 unspecified atom stereocenters. The van der Waals surface area contributed by atoms with Gasteiger partial charge in [0.1, 0.15) is 11.8 Å². The predicted octanol–water partition coefficient (Wildman–Crippen LogP) is 0.0178. The van der Waals surface area contributed by atoms with E-state index in [0.29, 0.717) is 12.0 Å². The number of Topliss-reactive ketones (excluding diaryl/α,β-unsaturated/α-hetero) is 1. The van der Waals surface area contributed by atoms with Crippen LogP contribution in [0.2, 0.25) is 0 Å². The normalized spacial score (nSPS) is 12.9. The van der Waals surface area contributed by atoms with E-state index in [9.17, 15) is 24.6 Å². The molecule has 12 nitrogen and oxygen atoms in total. The maximum atomic E-state index is 13.4. The fourth-order valence-corrected chi connectivity index (χ4v) is 3.84. The number of phenols is 1. The first-order valence-corrected chi connectivity index (χ1v) is 12.1. The summed E-state index contributed by atoms with van der Waals surface area (Å²) in [6.07, 6.45) is 0.521. The summed E-state index contributed by atoms with van der Waals surface area (Å²) in [6, 6.07) is 13.1. The third kappa shape index (κ3) is 10.6. The molecule has 0 saturated heterocycles. The third-order valence-electron chi connectivity index (χ3n) is 5.74. The van der Waals surface area contributed by atoms with E-state index in [1.54, 1.807) is 36.4 Å². The van der Waals surface area contributed by atoms with E-state index < -0.39 is 35.7 Å². The van der Waals surface area contributed by atoms with E-state index in [1.807, 2.05) is 6.07 Å². The van der Waals surface area contributed by atoms with Crippen LogP contribution in [0.5, 0.6) is 5.75 Å². The van der Waals surface area contributed by atoms with E-state index in [4.69, 9.17) is 22.9 Å². The van der Waals surface area contributed by atoms with Gasteiger partial charge >= 0.3 is 5.97 Å². The average Bonchev–Trinajstić information content (AvgIpc) is 2.86. The van der Waals surface area contributed by atoms with Gasteiger partial charge in [-0.1, -0.05) is 42.5 Å². The fraction of sp³-hybridized carbons (Fsp3) is 0.346. The minimum absolute atomic E-state index is 0.0445. The summed E-state index contributed by atoms with van der Waals surface area (Å²) in [5.74, 6) is -3.51. The van der Waals surface area contributed by atoms with Crippen molar-refractivity contribution in [3.8, 4) is 5.75 Å². The zero-order valence-electron chi connectivity index (χ0n) is 21.0. The van der Waals surface area contributed by atoms with Gasteiger partial charge in [0.15, 0.2) is 17.7 Å². The molecular formula is C26H35N7O5. The molecule has 0 fully saturated rings. The Labute approximate surface area is 220 Å². The Morgan fingerprint density at radius 1 is 0.868 bits per heavy atom. The number of hydrogen-bond donors (Lipinski definition) is 7. The van der Waals surface area contributed by atoms with Crippen molar-refractivity contribution in [1.82, 2.24) is 5.32 Å². The van der Waals surface area contributed by atoms with Crippen LogP contribution in [-0.4, -0.2) is 58.4 Å². The number of aliphatic imine (C=N–C) groups is 2. The molecule has 0 aliphatic heterocycles. The molecule has 0 bridgehead atoms. The number of nitrogens with one attached hydrogen (secondary N) is 1. The lowest BCUT2D eigenvalue weighted by atomic mass is 9.90. The van der Waals surface area contributed by atoms with Crippen LogP contribution in [0.15, 0.2) is 64.6 Å². The second-order valence-electron chi connectivity index (χ2n) is 8.85. The van der Waals surface area contributed by atoms with Crippen LogP contribution in [0.4, 0.5) is 0 Å². The van der Waals surface area contributed by atoms with Gasteiger partial charge in [0.25, 0.3) is 0 Å². The first kappa shape index (κ1) is 29.6. The second-order valence-corrected chi connectivity index (χ2v) is 8.85. The molecule has 0 heterocycles. The number of carboxylic acid groups (broad SMARTS) is 1. The number of guanidine groups is 2. The van der Waals surface area contributed by atoms with Gasteiger partial charge in [-0.05, 0) is 48.9 Å². The molecule has 2 rings (SSSR count). The topological polar surface area (TPSA) is 232 Å². The summed E-state index contributed by atoms with van der Waals surface area (Å²) in [7, 11) is 0. The predicted molar refractivity (Wildman–Crippen MR) is 144 cm³/mol. The number of carbonyl (C=O) groups is 3. The summed E-state index contributed by atoms with van der Waals surface area (Å²) >= 11 is 0. The lowest BCUT2D eigenvalue weighted by Gasteiger charge is -2.22. The zero-order valence-corrected chi connectivity index (χ0v) is 21.0. The number of nitrogens with two attached hydrogens (primary N) is 4. The molecule has 1 amide bonds. The largest absolute Gasteiger partial charge is 0.508 e. The number of carbonyl (C=O) groups excluding carboxylic acids is 2. The molecule has 12 heteroatoms. The van der Waals surface area contributed by atoms with E-state index in [-0.39, 0.29) is 49.9 Å². The Hall–Kier alpha value is -4.61. The zero-order chi connectivity index (χ0) is 28.1. The second kappa shape index (κ2) is 14.8. The summed E-state index contributed by atoms with van der Waals surface area (Å²) < 4.78 is 0. The summed E-state index contributed by atoms with van der Waals surface area (Å²) in [6.45, 7) is 0.252. The van der Waals surface area contributed by atoms with Crippen molar-refractivity contribution in [1.29, 1.82) is 0 Å². The average molecular weight is 526 g/mol. The van der Waals surface area contributed by atoms with Crippen LogP contribution >= 0.6 is 0 Å². The summed E-state index contributed by atoms with van der Waals surface area (Å²) in [4.78, 5) is 46.3. The molecule has 2 aromatic carbocycles. The number of aromatic hydroxyl groups is 1. The number of aliphatic carboxylic acids is 1. The molecule has 11 N–H and O–H groups in total. The number of hydrogen-bond acceptors (Lipinski definition) is 6. The van der Waals surface area contributed by atoms with E-state index in [0.717, 1.165) is 5.56 Å². The Morgan fingerprint density at radius 2 is 1.50 bits per heavy atom. The van der Waals surface area contributed by atoms with Crippen molar-refractivity contribution in [3.05, 3.63) is 65.7 Å². The van der Waals surface area contributed by atoms with Crippen LogP contribution in [0.1, 0.15) is 30.4 Å². The van der Waals surface area contributed by atoms with Crippen LogP contribution < -0.4 is 28.3 Å². The fourth-order valence-electron chi connectivity index (χ4n) is 3.84. The summed E-state index contributed by atoms with van der Waals surface area (Å²) in [5, 5.41) is 22.1. The van der Waals surface area contributed by atoms with Crippen molar-refractivity contribution >= 4 is 29.6 Å². The van der Waals surface area contributed by atoms with Crippen molar-refractivity contribution in [2.75, 3.05) is 6.54 Å².